The number of hydrogen-bond donors (Lipinski definition) is 3. The molecule has 0 spiro atoms. The Bertz CT molecular complexity index is 378. The first-order valence-electron chi connectivity index (χ1n) is 4.74. The van der Waals surface area contributed by atoms with Crippen molar-refractivity contribution < 1.29 is 24.4 Å². The third-order valence-electron chi connectivity index (χ3n) is 2.44. The molecule has 0 bridgehead atoms. The van der Waals surface area contributed by atoms with Gasteiger partial charge in [-0.15, -0.1) is 0 Å². The van der Waals surface area contributed by atoms with Crippen molar-refractivity contribution in [3.05, 3.63) is 24.0 Å². The van der Waals surface area contributed by atoms with Gasteiger partial charge in [0.2, 0.25) is 5.95 Å². The molecular formula is C9H11FN2O4. The molecule has 0 amide bonds. The Morgan fingerprint density at radius 1 is 1.38 bits per heavy atom. The van der Waals surface area contributed by atoms with Crippen LogP contribution in [0.5, 0.6) is 0 Å². The van der Waals surface area contributed by atoms with E-state index >= 15 is 0 Å². The quantitative estimate of drug-likeness (QED) is 0.550. The summed E-state index contributed by atoms with van der Waals surface area (Å²) in [6.07, 6.45) is -3.26. The van der Waals surface area contributed by atoms with E-state index in [-0.39, 0.29) is 5.82 Å². The van der Waals surface area contributed by atoms with Gasteiger partial charge in [0.15, 0.2) is 5.82 Å². The van der Waals surface area contributed by atoms with Crippen molar-refractivity contribution in [1.29, 1.82) is 0 Å². The lowest BCUT2D eigenvalue weighted by molar-refractivity contribution is -0.0255. The van der Waals surface area contributed by atoms with E-state index in [9.17, 15) is 14.6 Å². The molecule has 1 aromatic heterocycles. The molecular weight excluding hydrogens is 219 g/mol. The van der Waals surface area contributed by atoms with Crippen molar-refractivity contribution in [2.45, 2.75) is 24.4 Å². The summed E-state index contributed by atoms with van der Waals surface area (Å²) < 4.78 is 18.0. The van der Waals surface area contributed by atoms with E-state index in [1.165, 1.54) is 6.20 Å². The molecule has 7 heteroatoms. The normalized spacial score (nSPS) is 34.2. The zero-order valence-electron chi connectivity index (χ0n) is 8.19. The second-order valence-electron chi connectivity index (χ2n) is 3.50. The SMILES string of the molecule is OC[C@H]1OC(c2nccc(F)n2)[C@@H](O)[C@@H]1O. The highest BCUT2D eigenvalue weighted by atomic mass is 19.1. The lowest BCUT2D eigenvalue weighted by Crippen LogP contribution is -2.32. The second kappa shape index (κ2) is 4.38. The second-order valence-corrected chi connectivity index (χ2v) is 3.50. The third kappa shape index (κ3) is 1.90. The Morgan fingerprint density at radius 2 is 2.12 bits per heavy atom. The van der Waals surface area contributed by atoms with Crippen LogP contribution in [0.4, 0.5) is 4.39 Å². The Labute approximate surface area is 90.4 Å². The maximum absolute atomic E-state index is 12.8. The number of ether oxygens (including phenoxy) is 1. The average Bonchev–Trinajstić information content (AvgIpc) is 2.56. The minimum atomic E-state index is -1.28. The zero-order valence-corrected chi connectivity index (χ0v) is 8.19. The molecule has 1 aliphatic heterocycles. The van der Waals surface area contributed by atoms with E-state index in [0.29, 0.717) is 0 Å². The molecule has 88 valence electrons. The summed E-state index contributed by atoms with van der Waals surface area (Å²) in [6, 6.07) is 1.06. The fourth-order valence-corrected chi connectivity index (χ4v) is 1.60. The smallest absolute Gasteiger partial charge is 0.216 e. The lowest BCUT2D eigenvalue weighted by atomic mass is 10.1. The van der Waals surface area contributed by atoms with Crippen molar-refractivity contribution >= 4 is 0 Å². The van der Waals surface area contributed by atoms with Crippen LogP contribution < -0.4 is 0 Å². The topological polar surface area (TPSA) is 95.7 Å². The molecule has 1 aliphatic rings. The fourth-order valence-electron chi connectivity index (χ4n) is 1.60. The van der Waals surface area contributed by atoms with Crippen LogP contribution in [0.15, 0.2) is 12.3 Å². The van der Waals surface area contributed by atoms with E-state index in [2.05, 4.69) is 9.97 Å². The summed E-state index contributed by atoms with van der Waals surface area (Å²) in [5.41, 5.74) is 0. The van der Waals surface area contributed by atoms with E-state index in [1.54, 1.807) is 0 Å². The third-order valence-corrected chi connectivity index (χ3v) is 2.44. The van der Waals surface area contributed by atoms with E-state index in [0.717, 1.165) is 6.07 Å². The molecule has 1 unspecified atom stereocenters. The van der Waals surface area contributed by atoms with Gasteiger partial charge in [0.25, 0.3) is 0 Å². The van der Waals surface area contributed by atoms with Gasteiger partial charge in [-0.05, 0) is 0 Å². The van der Waals surface area contributed by atoms with Crippen LogP contribution >= 0.6 is 0 Å². The van der Waals surface area contributed by atoms with Crippen molar-refractivity contribution in [1.82, 2.24) is 9.97 Å². The molecule has 1 saturated heterocycles. The number of hydrogen-bond acceptors (Lipinski definition) is 6. The Morgan fingerprint density at radius 3 is 2.69 bits per heavy atom. The summed E-state index contributed by atoms with van der Waals surface area (Å²) in [5, 5.41) is 28.0. The largest absolute Gasteiger partial charge is 0.394 e. The van der Waals surface area contributed by atoms with Gasteiger partial charge in [0.1, 0.15) is 24.4 Å². The molecule has 0 radical (unpaired) electrons. The number of rotatable bonds is 2. The maximum atomic E-state index is 12.8. The van der Waals surface area contributed by atoms with Gasteiger partial charge in [0, 0.05) is 12.3 Å². The number of halogens is 1. The Balaban J connectivity index is 2.23. The summed E-state index contributed by atoms with van der Waals surface area (Å²) in [7, 11) is 0. The number of aromatic nitrogens is 2. The minimum Gasteiger partial charge on any atom is -0.394 e. The molecule has 16 heavy (non-hydrogen) atoms. The van der Waals surface area contributed by atoms with E-state index in [4.69, 9.17) is 9.84 Å². The first kappa shape index (κ1) is 11.3. The van der Waals surface area contributed by atoms with Crippen LogP contribution in [-0.4, -0.2) is 50.2 Å². The highest BCUT2D eigenvalue weighted by molar-refractivity contribution is 5.03. The van der Waals surface area contributed by atoms with Crippen molar-refractivity contribution in [2.24, 2.45) is 0 Å². The molecule has 0 saturated carbocycles. The highest BCUT2D eigenvalue weighted by Gasteiger charge is 2.44. The van der Waals surface area contributed by atoms with Gasteiger partial charge < -0.3 is 20.1 Å². The zero-order chi connectivity index (χ0) is 11.7. The van der Waals surface area contributed by atoms with Gasteiger partial charge in [-0.25, -0.2) is 9.97 Å². The molecule has 1 aromatic rings. The molecule has 4 atom stereocenters. The predicted molar refractivity (Wildman–Crippen MR) is 48.7 cm³/mol. The summed E-state index contributed by atoms with van der Waals surface area (Å²) in [6.45, 7) is -0.440. The first-order valence-corrected chi connectivity index (χ1v) is 4.74. The van der Waals surface area contributed by atoms with Crippen molar-refractivity contribution in [3.8, 4) is 0 Å². The van der Waals surface area contributed by atoms with Crippen molar-refractivity contribution in [2.75, 3.05) is 6.61 Å². The van der Waals surface area contributed by atoms with Crippen LogP contribution in [0.1, 0.15) is 11.9 Å². The molecule has 6 nitrogen and oxygen atoms in total. The summed E-state index contributed by atoms with van der Waals surface area (Å²) >= 11 is 0. The monoisotopic (exact) mass is 230 g/mol. The highest BCUT2D eigenvalue weighted by Crippen LogP contribution is 2.31. The van der Waals surface area contributed by atoms with Crippen molar-refractivity contribution in [3.63, 3.8) is 0 Å². The summed E-state index contributed by atoms with van der Waals surface area (Å²) in [4.78, 5) is 7.20. The molecule has 1 fully saturated rings. The standard InChI is InChI=1S/C9H11FN2O4/c10-5-1-2-11-9(12-5)8-7(15)6(14)4(3-13)16-8/h1-2,4,6-8,13-15H,3H2/t4-,6-,7+,8?/m1/s1. The molecule has 3 N–H and O–H groups in total. The van der Waals surface area contributed by atoms with Crippen LogP contribution in [0, 0.1) is 5.95 Å². The molecule has 2 heterocycles. The Hall–Kier alpha value is -1.15. The molecule has 0 aromatic carbocycles. The van der Waals surface area contributed by atoms with Gasteiger partial charge in [-0.2, -0.15) is 4.39 Å². The fraction of sp³-hybridized carbons (Fsp3) is 0.556. The predicted octanol–water partition coefficient (Wildman–Crippen LogP) is -1.23. The number of aliphatic hydroxyl groups excluding tert-OH is 3. The van der Waals surface area contributed by atoms with Gasteiger partial charge in [-0.1, -0.05) is 0 Å². The van der Waals surface area contributed by atoms with Crippen LogP contribution in [-0.2, 0) is 4.74 Å². The average molecular weight is 230 g/mol. The summed E-state index contributed by atoms with van der Waals surface area (Å²) in [5.74, 6) is -0.801. The molecule has 2 rings (SSSR count). The number of aliphatic hydroxyl groups is 3. The van der Waals surface area contributed by atoms with E-state index < -0.39 is 37.0 Å². The van der Waals surface area contributed by atoms with Gasteiger partial charge in [-0.3, -0.25) is 0 Å². The van der Waals surface area contributed by atoms with Gasteiger partial charge in [0.05, 0.1) is 6.61 Å². The molecule has 0 aliphatic carbocycles. The Kier molecular flexibility index (Phi) is 3.10. The number of nitrogens with zero attached hydrogens (tertiary/aromatic N) is 2. The lowest BCUT2D eigenvalue weighted by Gasteiger charge is -2.12. The first-order chi connectivity index (χ1) is 7.63. The maximum Gasteiger partial charge on any atom is 0.216 e. The van der Waals surface area contributed by atoms with Crippen LogP contribution in [0.25, 0.3) is 0 Å². The minimum absolute atomic E-state index is 0.0532. The van der Waals surface area contributed by atoms with Crippen LogP contribution in [0.2, 0.25) is 0 Å². The van der Waals surface area contributed by atoms with Crippen LogP contribution in [0.3, 0.4) is 0 Å². The van der Waals surface area contributed by atoms with E-state index in [1.807, 2.05) is 0 Å². The van der Waals surface area contributed by atoms with Gasteiger partial charge >= 0.3 is 0 Å².